The second-order valence-corrected chi connectivity index (χ2v) is 7.54. The first-order valence-electron chi connectivity index (χ1n) is 8.75. The molecule has 2 heterocycles. The van der Waals surface area contributed by atoms with Crippen molar-refractivity contribution in [2.75, 3.05) is 6.61 Å². The fraction of sp³-hybridized carbons (Fsp3) is 0.250. The number of rotatable bonds is 3. The lowest BCUT2D eigenvalue weighted by Gasteiger charge is -2.26. The van der Waals surface area contributed by atoms with E-state index in [-0.39, 0.29) is 11.9 Å². The molecule has 27 heavy (non-hydrogen) atoms. The van der Waals surface area contributed by atoms with Crippen LogP contribution in [-0.2, 0) is 0 Å². The molecule has 1 aromatic heterocycles. The topological polar surface area (TPSA) is 69.0 Å². The molecule has 0 spiro atoms. The fourth-order valence-corrected chi connectivity index (χ4v) is 3.66. The van der Waals surface area contributed by atoms with Crippen LogP contribution in [0.5, 0.6) is 5.75 Å². The average molecular weight is 427 g/mol. The largest absolute Gasteiger partial charge is 0.493 e. The third-order valence-corrected chi connectivity index (χ3v) is 5.17. The first kappa shape index (κ1) is 17.7. The SMILES string of the molecule is Cc1cccc(-n2nnc(C(=O)NC3CCOc4ccc(Br)cc43)c2C)c1. The highest BCUT2D eigenvalue weighted by atomic mass is 79.9. The van der Waals surface area contributed by atoms with Crippen molar-refractivity contribution < 1.29 is 9.53 Å². The molecular weight excluding hydrogens is 408 g/mol. The monoisotopic (exact) mass is 426 g/mol. The number of fused-ring (bicyclic) bond motifs is 1. The van der Waals surface area contributed by atoms with Crippen molar-refractivity contribution >= 4 is 21.8 Å². The van der Waals surface area contributed by atoms with Crippen LogP contribution in [0.3, 0.4) is 0 Å². The number of aryl methyl sites for hydroxylation is 1. The maximum Gasteiger partial charge on any atom is 0.274 e. The quantitative estimate of drug-likeness (QED) is 0.689. The van der Waals surface area contributed by atoms with Crippen LogP contribution >= 0.6 is 15.9 Å². The molecule has 7 heteroatoms. The molecule has 0 saturated heterocycles. The van der Waals surface area contributed by atoms with Gasteiger partial charge in [0.2, 0.25) is 0 Å². The summed E-state index contributed by atoms with van der Waals surface area (Å²) in [6, 6.07) is 13.6. The van der Waals surface area contributed by atoms with Gasteiger partial charge >= 0.3 is 0 Å². The van der Waals surface area contributed by atoms with Gasteiger partial charge in [-0.2, -0.15) is 0 Å². The molecule has 3 aromatic rings. The Hall–Kier alpha value is -2.67. The van der Waals surface area contributed by atoms with Crippen molar-refractivity contribution in [3.05, 3.63) is 69.5 Å². The van der Waals surface area contributed by atoms with E-state index in [0.29, 0.717) is 24.4 Å². The molecule has 0 radical (unpaired) electrons. The Labute approximate surface area is 165 Å². The lowest BCUT2D eigenvalue weighted by molar-refractivity contribution is 0.0919. The molecule has 0 bridgehead atoms. The van der Waals surface area contributed by atoms with E-state index in [1.807, 2.05) is 56.3 Å². The van der Waals surface area contributed by atoms with Crippen molar-refractivity contribution in [2.45, 2.75) is 26.3 Å². The fourth-order valence-electron chi connectivity index (χ4n) is 3.29. The van der Waals surface area contributed by atoms with Crippen molar-refractivity contribution in [2.24, 2.45) is 0 Å². The average Bonchev–Trinajstić information content (AvgIpc) is 3.04. The number of carbonyl (C=O) groups excluding carboxylic acids is 1. The Morgan fingerprint density at radius 2 is 2.11 bits per heavy atom. The molecule has 0 fully saturated rings. The zero-order valence-electron chi connectivity index (χ0n) is 15.1. The minimum atomic E-state index is -0.232. The number of amides is 1. The van der Waals surface area contributed by atoms with Gasteiger partial charge in [0.25, 0.3) is 5.91 Å². The highest BCUT2D eigenvalue weighted by molar-refractivity contribution is 9.10. The van der Waals surface area contributed by atoms with Gasteiger partial charge in [0.05, 0.1) is 24.0 Å². The summed E-state index contributed by atoms with van der Waals surface area (Å²) in [5.74, 6) is 0.569. The molecule has 2 aromatic carbocycles. The first-order chi connectivity index (χ1) is 13.0. The highest BCUT2D eigenvalue weighted by Crippen LogP contribution is 2.34. The molecule has 0 saturated carbocycles. The summed E-state index contributed by atoms with van der Waals surface area (Å²) >= 11 is 3.48. The lowest BCUT2D eigenvalue weighted by Crippen LogP contribution is -2.32. The normalized spacial score (nSPS) is 15.7. The van der Waals surface area contributed by atoms with Crippen molar-refractivity contribution in [3.63, 3.8) is 0 Å². The van der Waals surface area contributed by atoms with E-state index in [0.717, 1.165) is 27.0 Å². The second-order valence-electron chi connectivity index (χ2n) is 6.62. The Bertz CT molecular complexity index is 1010. The molecule has 1 unspecified atom stereocenters. The Kier molecular flexibility index (Phi) is 4.70. The van der Waals surface area contributed by atoms with E-state index in [1.165, 1.54) is 0 Å². The molecule has 0 aliphatic carbocycles. The summed E-state index contributed by atoms with van der Waals surface area (Å²) in [4.78, 5) is 12.9. The van der Waals surface area contributed by atoms with Gasteiger partial charge < -0.3 is 10.1 Å². The Balaban J connectivity index is 1.59. The standard InChI is InChI=1S/C20H19BrN4O2/c1-12-4-3-5-15(10-12)25-13(2)19(23-24-25)20(26)22-17-8-9-27-18-7-6-14(21)11-16(17)18/h3-7,10-11,17H,8-9H2,1-2H3,(H,22,26). The molecule has 1 aliphatic rings. The molecule has 1 atom stereocenters. The maximum absolute atomic E-state index is 12.9. The third kappa shape index (κ3) is 3.47. The zero-order chi connectivity index (χ0) is 19.0. The predicted octanol–water partition coefficient (Wildman–Crippen LogP) is 3.90. The van der Waals surface area contributed by atoms with Gasteiger partial charge in [-0.1, -0.05) is 33.3 Å². The zero-order valence-corrected chi connectivity index (χ0v) is 16.7. The van der Waals surface area contributed by atoms with E-state index < -0.39 is 0 Å². The summed E-state index contributed by atoms with van der Waals surface area (Å²) < 4.78 is 8.33. The summed E-state index contributed by atoms with van der Waals surface area (Å²) in [7, 11) is 0. The number of aromatic nitrogens is 3. The summed E-state index contributed by atoms with van der Waals surface area (Å²) in [6.45, 7) is 4.43. The van der Waals surface area contributed by atoms with E-state index in [9.17, 15) is 4.79 Å². The van der Waals surface area contributed by atoms with Gasteiger partial charge in [0, 0.05) is 16.5 Å². The molecule has 1 aliphatic heterocycles. The van der Waals surface area contributed by atoms with Crippen molar-refractivity contribution in [1.82, 2.24) is 20.3 Å². The molecular formula is C20H19BrN4O2. The van der Waals surface area contributed by atoms with Crippen molar-refractivity contribution in [3.8, 4) is 11.4 Å². The van der Waals surface area contributed by atoms with Crippen LogP contribution in [-0.4, -0.2) is 27.5 Å². The number of hydrogen-bond donors (Lipinski definition) is 1. The maximum atomic E-state index is 12.9. The van der Waals surface area contributed by atoms with Crippen LogP contribution in [0.15, 0.2) is 46.9 Å². The van der Waals surface area contributed by atoms with Gasteiger partial charge in [-0.25, -0.2) is 4.68 Å². The molecule has 4 rings (SSSR count). The van der Waals surface area contributed by atoms with Crippen LogP contribution < -0.4 is 10.1 Å². The van der Waals surface area contributed by atoms with Gasteiger partial charge in [-0.15, -0.1) is 5.10 Å². The number of halogens is 1. The molecule has 6 nitrogen and oxygen atoms in total. The van der Waals surface area contributed by atoms with Crippen molar-refractivity contribution in [1.29, 1.82) is 0 Å². The van der Waals surface area contributed by atoms with Gasteiger partial charge in [-0.3, -0.25) is 4.79 Å². The van der Waals surface area contributed by atoms with Crippen LogP contribution in [0.25, 0.3) is 5.69 Å². The van der Waals surface area contributed by atoms with Gasteiger partial charge in [0.1, 0.15) is 5.75 Å². The number of ether oxygens (including phenoxy) is 1. The van der Waals surface area contributed by atoms with Gasteiger partial charge in [-0.05, 0) is 49.7 Å². The van der Waals surface area contributed by atoms with Gasteiger partial charge in [0.15, 0.2) is 5.69 Å². The number of nitrogens with zero attached hydrogens (tertiary/aromatic N) is 3. The molecule has 138 valence electrons. The van der Waals surface area contributed by atoms with Crippen LogP contribution in [0.2, 0.25) is 0 Å². The number of nitrogens with one attached hydrogen (secondary N) is 1. The van der Waals surface area contributed by atoms with Crippen LogP contribution in [0.1, 0.15) is 39.8 Å². The summed E-state index contributed by atoms with van der Waals surface area (Å²) in [5, 5.41) is 11.4. The molecule has 1 amide bonds. The number of hydrogen-bond acceptors (Lipinski definition) is 4. The highest BCUT2D eigenvalue weighted by Gasteiger charge is 2.26. The van der Waals surface area contributed by atoms with Crippen LogP contribution in [0, 0.1) is 13.8 Å². The Morgan fingerprint density at radius 3 is 2.93 bits per heavy atom. The second kappa shape index (κ2) is 7.15. The van der Waals surface area contributed by atoms with Crippen LogP contribution in [0.4, 0.5) is 0 Å². The minimum absolute atomic E-state index is 0.123. The first-order valence-corrected chi connectivity index (χ1v) is 9.54. The number of carbonyl (C=O) groups is 1. The third-order valence-electron chi connectivity index (χ3n) is 4.67. The van der Waals surface area contributed by atoms with E-state index >= 15 is 0 Å². The van der Waals surface area contributed by atoms with E-state index in [4.69, 9.17) is 4.74 Å². The van der Waals surface area contributed by atoms with E-state index in [1.54, 1.807) is 4.68 Å². The number of benzene rings is 2. The summed E-state index contributed by atoms with van der Waals surface area (Å²) in [5.41, 5.74) is 4.02. The summed E-state index contributed by atoms with van der Waals surface area (Å²) in [6.07, 6.45) is 0.709. The van der Waals surface area contributed by atoms with E-state index in [2.05, 4.69) is 31.6 Å². The Morgan fingerprint density at radius 1 is 1.26 bits per heavy atom. The molecule has 1 N–H and O–H groups in total. The smallest absolute Gasteiger partial charge is 0.274 e. The lowest BCUT2D eigenvalue weighted by atomic mass is 10.0. The minimum Gasteiger partial charge on any atom is -0.493 e. The predicted molar refractivity (Wildman–Crippen MR) is 105 cm³/mol.